The van der Waals surface area contributed by atoms with E-state index in [1.54, 1.807) is 0 Å². The lowest BCUT2D eigenvalue weighted by molar-refractivity contribution is -0.384. The van der Waals surface area contributed by atoms with E-state index in [1.165, 1.54) is 31.2 Å². The fourth-order valence-electron chi connectivity index (χ4n) is 2.11. The van der Waals surface area contributed by atoms with Crippen molar-refractivity contribution in [1.29, 1.82) is 0 Å². The van der Waals surface area contributed by atoms with Gasteiger partial charge in [-0.15, -0.1) is 0 Å². The molecule has 0 radical (unpaired) electrons. The van der Waals surface area contributed by atoms with E-state index in [0.29, 0.717) is 10.5 Å². The molecular weight excluding hydrogens is 280 g/mol. The summed E-state index contributed by atoms with van der Waals surface area (Å²) in [5.74, 6) is -1.45. The van der Waals surface area contributed by atoms with Gasteiger partial charge in [0.25, 0.3) is 11.6 Å². The van der Waals surface area contributed by atoms with Crippen LogP contribution >= 0.6 is 0 Å². The second-order valence-electron chi connectivity index (χ2n) is 4.72. The maximum atomic E-state index is 12.3. The van der Waals surface area contributed by atoms with Crippen LogP contribution in [0.1, 0.15) is 12.5 Å². The van der Waals surface area contributed by atoms with E-state index in [4.69, 9.17) is 5.73 Å². The maximum Gasteiger partial charge on any atom is 0.325 e. The molecule has 1 aromatic rings. The molecule has 21 heavy (non-hydrogen) atoms. The van der Waals surface area contributed by atoms with Crippen molar-refractivity contribution in [2.75, 3.05) is 6.54 Å². The van der Waals surface area contributed by atoms with Gasteiger partial charge in [-0.1, -0.05) is 0 Å². The van der Waals surface area contributed by atoms with Gasteiger partial charge in [-0.2, -0.15) is 0 Å². The summed E-state index contributed by atoms with van der Waals surface area (Å²) < 4.78 is 0. The first kappa shape index (κ1) is 14.4. The van der Waals surface area contributed by atoms with E-state index in [-0.39, 0.29) is 5.69 Å². The fourth-order valence-corrected chi connectivity index (χ4v) is 2.11. The van der Waals surface area contributed by atoms with Gasteiger partial charge in [-0.3, -0.25) is 24.6 Å². The van der Waals surface area contributed by atoms with Crippen LogP contribution in [0.5, 0.6) is 0 Å². The van der Waals surface area contributed by atoms with Crippen molar-refractivity contribution in [3.63, 3.8) is 0 Å². The minimum Gasteiger partial charge on any atom is -0.368 e. The number of rotatable bonds is 4. The largest absolute Gasteiger partial charge is 0.368 e. The highest BCUT2D eigenvalue weighted by Gasteiger charge is 2.49. The van der Waals surface area contributed by atoms with E-state index in [1.807, 2.05) is 0 Å². The fraction of sp³-hybridized carbons (Fsp3) is 0.250. The molecule has 0 saturated carbocycles. The number of hydrogen-bond donors (Lipinski definition) is 2. The Morgan fingerprint density at radius 1 is 1.38 bits per heavy atom. The van der Waals surface area contributed by atoms with Crippen molar-refractivity contribution in [2.24, 2.45) is 5.73 Å². The second-order valence-corrected chi connectivity index (χ2v) is 4.72. The van der Waals surface area contributed by atoms with Gasteiger partial charge in [0.1, 0.15) is 12.1 Å². The van der Waals surface area contributed by atoms with Crippen molar-refractivity contribution in [1.82, 2.24) is 10.2 Å². The minimum atomic E-state index is -1.39. The molecule has 9 nitrogen and oxygen atoms in total. The highest BCUT2D eigenvalue weighted by atomic mass is 16.6. The summed E-state index contributed by atoms with van der Waals surface area (Å²) in [6, 6.07) is 4.49. The van der Waals surface area contributed by atoms with Crippen molar-refractivity contribution in [3.05, 3.63) is 39.9 Å². The van der Waals surface area contributed by atoms with Gasteiger partial charge in [-0.05, 0) is 24.6 Å². The molecule has 0 bridgehead atoms. The number of carbonyl (C=O) groups excluding carboxylic acids is 3. The van der Waals surface area contributed by atoms with Gasteiger partial charge in [0.05, 0.1) is 4.92 Å². The number of urea groups is 1. The summed E-state index contributed by atoms with van der Waals surface area (Å²) >= 11 is 0. The van der Waals surface area contributed by atoms with Crippen LogP contribution in [0.2, 0.25) is 0 Å². The molecule has 1 fully saturated rings. The lowest BCUT2D eigenvalue weighted by Gasteiger charge is -2.21. The Bertz CT molecular complexity index is 642. The summed E-state index contributed by atoms with van der Waals surface area (Å²) in [6.45, 7) is 0.933. The number of amides is 4. The van der Waals surface area contributed by atoms with Gasteiger partial charge in [0.2, 0.25) is 5.91 Å². The van der Waals surface area contributed by atoms with E-state index in [0.717, 1.165) is 0 Å². The molecule has 3 N–H and O–H groups in total. The standard InChI is InChI=1S/C12H12N4O5/c1-12(7-2-4-8(5-3-7)16(20)21)10(18)15(6-9(13)17)11(19)14-12/h2-5H,6H2,1H3,(H2,13,17)(H,14,19)/t12-/m1/s1. The molecular formula is C12H12N4O5. The van der Waals surface area contributed by atoms with Crippen LogP contribution in [0.4, 0.5) is 10.5 Å². The van der Waals surface area contributed by atoms with Gasteiger partial charge < -0.3 is 11.1 Å². The molecule has 0 aromatic heterocycles. The summed E-state index contributed by atoms with van der Waals surface area (Å²) in [4.78, 5) is 45.7. The number of carbonyl (C=O) groups is 3. The first-order valence-corrected chi connectivity index (χ1v) is 5.93. The maximum absolute atomic E-state index is 12.3. The number of hydrogen-bond acceptors (Lipinski definition) is 5. The first-order valence-electron chi connectivity index (χ1n) is 5.93. The molecule has 9 heteroatoms. The van der Waals surface area contributed by atoms with Gasteiger partial charge in [-0.25, -0.2) is 4.79 Å². The summed E-state index contributed by atoms with van der Waals surface area (Å²) in [7, 11) is 0. The van der Waals surface area contributed by atoms with Crippen molar-refractivity contribution < 1.29 is 19.3 Å². The highest BCUT2D eigenvalue weighted by molar-refractivity contribution is 6.09. The predicted octanol–water partition coefficient (Wildman–Crippen LogP) is -0.153. The highest BCUT2D eigenvalue weighted by Crippen LogP contribution is 2.29. The Labute approximate surface area is 118 Å². The number of nitrogens with zero attached hydrogens (tertiary/aromatic N) is 2. The molecule has 4 amide bonds. The second kappa shape index (κ2) is 4.85. The van der Waals surface area contributed by atoms with Crippen LogP contribution in [0.15, 0.2) is 24.3 Å². The number of imide groups is 1. The Kier molecular flexibility index (Phi) is 3.34. The molecule has 110 valence electrons. The van der Waals surface area contributed by atoms with E-state index in [2.05, 4.69) is 5.32 Å². The molecule has 1 atom stereocenters. The minimum absolute atomic E-state index is 0.131. The Morgan fingerprint density at radius 3 is 2.43 bits per heavy atom. The molecule has 1 saturated heterocycles. The van der Waals surface area contributed by atoms with E-state index in [9.17, 15) is 24.5 Å². The number of nitrogens with two attached hydrogens (primary N) is 1. The van der Waals surface area contributed by atoms with Crippen molar-refractivity contribution in [2.45, 2.75) is 12.5 Å². The number of nitrogens with one attached hydrogen (secondary N) is 1. The number of benzene rings is 1. The van der Waals surface area contributed by atoms with Crippen LogP contribution in [-0.2, 0) is 15.1 Å². The molecule has 0 unspecified atom stereocenters. The average molecular weight is 292 g/mol. The quantitative estimate of drug-likeness (QED) is 0.451. The third-order valence-electron chi connectivity index (χ3n) is 3.24. The van der Waals surface area contributed by atoms with Crippen molar-refractivity contribution >= 4 is 23.5 Å². The molecule has 1 aromatic carbocycles. The van der Waals surface area contributed by atoms with Gasteiger partial charge in [0.15, 0.2) is 0 Å². The van der Waals surface area contributed by atoms with Crippen LogP contribution in [-0.4, -0.2) is 34.2 Å². The lowest BCUT2D eigenvalue weighted by Crippen LogP contribution is -2.42. The molecule has 1 aliphatic heterocycles. The van der Waals surface area contributed by atoms with Gasteiger partial charge >= 0.3 is 6.03 Å². The smallest absolute Gasteiger partial charge is 0.325 e. The zero-order valence-corrected chi connectivity index (χ0v) is 11.0. The first-order chi connectivity index (χ1) is 9.75. The molecule has 1 aliphatic rings. The van der Waals surface area contributed by atoms with Crippen LogP contribution in [0.3, 0.4) is 0 Å². The van der Waals surface area contributed by atoms with E-state index >= 15 is 0 Å². The van der Waals surface area contributed by atoms with Crippen molar-refractivity contribution in [3.8, 4) is 0 Å². The molecule has 0 spiro atoms. The Morgan fingerprint density at radius 2 is 1.95 bits per heavy atom. The number of primary amides is 1. The normalized spacial score (nSPS) is 21.3. The number of nitro benzene ring substituents is 1. The molecule has 0 aliphatic carbocycles. The number of non-ortho nitro benzene ring substituents is 1. The van der Waals surface area contributed by atoms with Crippen LogP contribution in [0.25, 0.3) is 0 Å². The summed E-state index contributed by atoms with van der Waals surface area (Å²) in [6.07, 6.45) is 0. The number of nitro groups is 1. The van der Waals surface area contributed by atoms with Crippen LogP contribution < -0.4 is 11.1 Å². The third kappa shape index (κ3) is 2.40. The average Bonchev–Trinajstić information content (AvgIpc) is 2.63. The SMILES string of the molecule is C[C@]1(c2ccc([N+](=O)[O-])cc2)NC(=O)N(CC(N)=O)C1=O. The van der Waals surface area contributed by atoms with E-state index < -0.39 is 34.9 Å². The van der Waals surface area contributed by atoms with Gasteiger partial charge in [0, 0.05) is 12.1 Å². The summed E-state index contributed by atoms with van der Waals surface area (Å²) in [5, 5.41) is 13.1. The Hall–Kier alpha value is -2.97. The summed E-state index contributed by atoms with van der Waals surface area (Å²) in [5.41, 5.74) is 3.84. The topological polar surface area (TPSA) is 136 Å². The molecule has 2 rings (SSSR count). The zero-order chi connectivity index (χ0) is 15.8. The lowest BCUT2D eigenvalue weighted by atomic mass is 9.92. The monoisotopic (exact) mass is 292 g/mol. The zero-order valence-electron chi connectivity index (χ0n) is 11.0. The van der Waals surface area contributed by atoms with Crippen LogP contribution in [0, 0.1) is 10.1 Å². The third-order valence-corrected chi connectivity index (χ3v) is 3.24. The Balaban J connectivity index is 2.34. The molecule has 1 heterocycles. The predicted molar refractivity (Wildman–Crippen MR) is 69.9 cm³/mol.